The summed E-state index contributed by atoms with van der Waals surface area (Å²) in [5.74, 6) is 0.631. The van der Waals surface area contributed by atoms with Crippen LogP contribution in [-0.4, -0.2) is 23.1 Å². The molecule has 8 nitrogen and oxygen atoms in total. The summed E-state index contributed by atoms with van der Waals surface area (Å²) in [5, 5.41) is 15.8. The van der Waals surface area contributed by atoms with Crippen LogP contribution in [0.4, 0.5) is 16.2 Å². The third-order valence-electron chi connectivity index (χ3n) is 6.24. The molecule has 2 heterocycles. The molecule has 2 aliphatic rings. The minimum absolute atomic E-state index is 0.0494. The summed E-state index contributed by atoms with van der Waals surface area (Å²) in [4.78, 5) is 18.4. The fraction of sp³-hybridized carbons (Fsp3) is 0.296. The molecule has 2 amide bonds. The van der Waals surface area contributed by atoms with E-state index in [2.05, 4.69) is 26.6 Å². The van der Waals surface area contributed by atoms with E-state index in [4.69, 9.17) is 9.15 Å². The van der Waals surface area contributed by atoms with E-state index in [0.29, 0.717) is 23.9 Å². The first-order valence-electron chi connectivity index (χ1n) is 11.8. The van der Waals surface area contributed by atoms with E-state index in [-0.39, 0.29) is 18.1 Å². The van der Waals surface area contributed by atoms with Gasteiger partial charge >= 0.3 is 12.1 Å². The first-order chi connectivity index (χ1) is 17.0. The minimum atomic E-state index is -0.244. The van der Waals surface area contributed by atoms with Gasteiger partial charge in [0.15, 0.2) is 0 Å². The highest BCUT2D eigenvalue weighted by molar-refractivity contribution is 5.91. The number of hydrogen-bond donors (Lipinski definition) is 2. The summed E-state index contributed by atoms with van der Waals surface area (Å²) in [6.07, 6.45) is 7.02. The first-order valence-corrected chi connectivity index (χ1v) is 11.8. The minimum Gasteiger partial charge on any atom is -0.417 e. The highest BCUT2D eigenvalue weighted by atomic mass is 16.6. The number of amides is 2. The summed E-state index contributed by atoms with van der Waals surface area (Å²) in [6.45, 7) is 3.83. The van der Waals surface area contributed by atoms with Crippen molar-refractivity contribution in [3.05, 3.63) is 71.6 Å². The molecule has 2 N–H and O–H groups in total. The Balaban J connectivity index is 1.48. The molecule has 5 rings (SSSR count). The van der Waals surface area contributed by atoms with Crippen LogP contribution in [0.2, 0.25) is 0 Å². The lowest BCUT2D eigenvalue weighted by molar-refractivity contribution is 0.250. The second-order valence-electron chi connectivity index (χ2n) is 9.09. The number of carbonyl (C=O) groups excluding carboxylic acids is 1. The van der Waals surface area contributed by atoms with Gasteiger partial charge in [-0.3, -0.25) is 0 Å². The van der Waals surface area contributed by atoms with E-state index < -0.39 is 0 Å². The second kappa shape index (κ2) is 9.55. The number of ether oxygens (including phenoxy) is 1. The predicted octanol–water partition coefficient (Wildman–Crippen LogP) is 5.85. The van der Waals surface area contributed by atoms with Gasteiger partial charge in [-0.15, -0.1) is 0 Å². The highest BCUT2D eigenvalue weighted by Crippen LogP contribution is 2.45. The second-order valence-corrected chi connectivity index (χ2v) is 9.09. The summed E-state index contributed by atoms with van der Waals surface area (Å²) in [5.41, 5.74) is 5.39. The van der Waals surface area contributed by atoms with Crippen molar-refractivity contribution in [3.63, 3.8) is 0 Å². The smallest absolute Gasteiger partial charge is 0.399 e. The number of fused-ring (bicyclic) bond motifs is 1. The number of urea groups is 1. The van der Waals surface area contributed by atoms with Gasteiger partial charge in [-0.2, -0.15) is 10.2 Å². The van der Waals surface area contributed by atoms with Gasteiger partial charge in [-0.25, -0.2) is 4.79 Å². The molecule has 1 aliphatic carbocycles. The number of carbonyl (C=O) groups is 1. The van der Waals surface area contributed by atoms with Gasteiger partial charge in [0.25, 0.3) is 0 Å². The number of nitriles is 1. The molecule has 35 heavy (non-hydrogen) atoms. The number of aromatic nitrogens is 1. The van der Waals surface area contributed by atoms with E-state index in [1.807, 2.05) is 56.3 Å². The van der Waals surface area contributed by atoms with E-state index in [0.717, 1.165) is 47.3 Å². The standard InChI is InChI=1S/C27H27N5O3/c1-17(2)30-26(33)31-21-9-6-18(7-10-21)25-20(16-28)14-19-8-11-23(35-27-29-12-13-34-27)15-24(19)32(25)22-4-3-5-22/h6-13,15,17,22H,3-5,14H2,1-2H3,(H2,30,31,33). The van der Waals surface area contributed by atoms with E-state index >= 15 is 0 Å². The van der Waals surface area contributed by atoms with Crippen molar-refractivity contribution >= 4 is 23.1 Å². The van der Waals surface area contributed by atoms with Gasteiger partial charge in [0.2, 0.25) is 0 Å². The number of hydrogen-bond acceptors (Lipinski definition) is 6. The molecule has 0 atom stereocenters. The topological polar surface area (TPSA) is 103 Å². The SMILES string of the molecule is CC(C)NC(=O)Nc1ccc(C2=C(C#N)Cc3ccc(Oc4ncco4)cc3N2C2CCC2)cc1. The number of anilines is 2. The third-order valence-corrected chi connectivity index (χ3v) is 6.24. The Hall–Kier alpha value is -4.25. The van der Waals surface area contributed by atoms with Crippen molar-refractivity contribution in [1.82, 2.24) is 10.3 Å². The average molecular weight is 470 g/mol. The lowest BCUT2D eigenvalue weighted by Crippen LogP contribution is -2.41. The summed E-state index contributed by atoms with van der Waals surface area (Å²) >= 11 is 0. The average Bonchev–Trinajstić information content (AvgIpc) is 3.31. The van der Waals surface area contributed by atoms with Gasteiger partial charge in [-0.05, 0) is 62.4 Å². The Labute approximate surface area is 204 Å². The van der Waals surface area contributed by atoms with E-state index in [9.17, 15) is 10.1 Å². The van der Waals surface area contributed by atoms with Crippen LogP contribution in [0.15, 0.2) is 64.9 Å². The monoisotopic (exact) mass is 469 g/mol. The Bertz CT molecular complexity index is 1290. The molecule has 0 saturated heterocycles. The van der Waals surface area contributed by atoms with E-state index in [1.165, 1.54) is 6.26 Å². The highest BCUT2D eigenvalue weighted by Gasteiger charge is 2.35. The molecule has 1 fully saturated rings. The zero-order valence-electron chi connectivity index (χ0n) is 19.7. The maximum atomic E-state index is 12.1. The largest absolute Gasteiger partial charge is 0.417 e. The molecule has 0 bridgehead atoms. The van der Waals surface area contributed by atoms with Gasteiger partial charge < -0.3 is 24.7 Å². The van der Waals surface area contributed by atoms with Crippen LogP contribution in [0.5, 0.6) is 11.8 Å². The van der Waals surface area contributed by atoms with Crippen LogP contribution in [-0.2, 0) is 6.42 Å². The maximum Gasteiger partial charge on any atom is 0.399 e. The van der Waals surface area contributed by atoms with Crippen molar-refractivity contribution < 1.29 is 13.9 Å². The molecule has 1 aromatic heterocycles. The maximum absolute atomic E-state index is 12.1. The van der Waals surface area contributed by atoms with E-state index in [1.54, 1.807) is 6.20 Å². The quantitative estimate of drug-likeness (QED) is 0.470. The van der Waals surface area contributed by atoms with Crippen LogP contribution in [0.25, 0.3) is 5.70 Å². The van der Waals surface area contributed by atoms with Gasteiger partial charge in [0.05, 0.1) is 23.5 Å². The number of nitrogens with zero attached hydrogens (tertiary/aromatic N) is 3. The van der Waals surface area contributed by atoms with Gasteiger partial charge in [0.1, 0.15) is 12.0 Å². The van der Waals surface area contributed by atoms with Crippen LogP contribution >= 0.6 is 0 Å². The Kier molecular flexibility index (Phi) is 6.15. The third kappa shape index (κ3) is 4.71. The molecule has 0 unspecified atom stereocenters. The zero-order valence-corrected chi connectivity index (χ0v) is 19.7. The van der Waals surface area contributed by atoms with Gasteiger partial charge in [0, 0.05) is 35.9 Å². The first kappa shape index (κ1) is 22.5. The molecule has 0 radical (unpaired) electrons. The zero-order chi connectivity index (χ0) is 24.4. The Morgan fingerprint density at radius 1 is 1.23 bits per heavy atom. The van der Waals surface area contributed by atoms with Crippen molar-refractivity contribution in [2.75, 3.05) is 10.2 Å². The molecular weight excluding hydrogens is 442 g/mol. The summed E-state index contributed by atoms with van der Waals surface area (Å²) in [7, 11) is 0. The molecule has 1 saturated carbocycles. The molecule has 2 aromatic carbocycles. The Morgan fingerprint density at radius 2 is 2.03 bits per heavy atom. The lowest BCUT2D eigenvalue weighted by Gasteiger charge is -2.44. The van der Waals surface area contributed by atoms with Crippen molar-refractivity contribution in [3.8, 4) is 17.9 Å². The van der Waals surface area contributed by atoms with Crippen LogP contribution < -0.4 is 20.3 Å². The normalized spacial score (nSPS) is 15.3. The number of nitrogens with one attached hydrogen (secondary N) is 2. The van der Waals surface area contributed by atoms with Crippen LogP contribution in [0.3, 0.4) is 0 Å². The molecule has 0 spiro atoms. The molecule has 3 aromatic rings. The number of benzene rings is 2. The van der Waals surface area contributed by atoms with Crippen LogP contribution in [0, 0.1) is 11.3 Å². The van der Waals surface area contributed by atoms with Crippen molar-refractivity contribution in [1.29, 1.82) is 5.26 Å². The van der Waals surface area contributed by atoms with Gasteiger partial charge in [-0.1, -0.05) is 18.2 Å². The van der Waals surface area contributed by atoms with Crippen molar-refractivity contribution in [2.24, 2.45) is 0 Å². The molecule has 178 valence electrons. The van der Waals surface area contributed by atoms with Crippen molar-refractivity contribution in [2.45, 2.75) is 51.6 Å². The summed E-state index contributed by atoms with van der Waals surface area (Å²) in [6, 6.07) is 16.1. The Morgan fingerprint density at radius 3 is 2.66 bits per heavy atom. The molecular formula is C27H27N5O3. The number of rotatable bonds is 6. The number of oxazole rings is 1. The fourth-order valence-electron chi connectivity index (χ4n) is 4.45. The predicted molar refractivity (Wildman–Crippen MR) is 133 cm³/mol. The lowest BCUT2D eigenvalue weighted by atomic mass is 9.85. The molecule has 8 heteroatoms. The number of allylic oxidation sites excluding steroid dienone is 1. The van der Waals surface area contributed by atoms with Crippen LogP contribution in [0.1, 0.15) is 44.2 Å². The molecule has 1 aliphatic heterocycles. The summed E-state index contributed by atoms with van der Waals surface area (Å²) < 4.78 is 11.0. The fourth-order valence-corrected chi connectivity index (χ4v) is 4.45.